The van der Waals surface area contributed by atoms with Gasteiger partial charge < -0.3 is 15.0 Å². The lowest BCUT2D eigenvalue weighted by atomic mass is 10.2. The Morgan fingerprint density at radius 1 is 1.31 bits per heavy atom. The number of nitrogens with zero attached hydrogens (tertiary/aromatic N) is 4. The third kappa shape index (κ3) is 3.45. The summed E-state index contributed by atoms with van der Waals surface area (Å²) in [6.45, 7) is 0.781. The van der Waals surface area contributed by atoms with Crippen molar-refractivity contribution in [3.05, 3.63) is 48.2 Å². The third-order valence-electron chi connectivity index (χ3n) is 3.86. The summed E-state index contributed by atoms with van der Waals surface area (Å²) < 4.78 is 12.0. The van der Waals surface area contributed by atoms with Gasteiger partial charge in [0.15, 0.2) is 5.76 Å². The van der Waals surface area contributed by atoms with Gasteiger partial charge in [-0.05, 0) is 36.4 Å². The Morgan fingerprint density at radius 2 is 2.15 bits per heavy atom. The molecule has 0 bridgehead atoms. The zero-order chi connectivity index (χ0) is 17.9. The molecule has 134 valence electrons. The maximum absolute atomic E-state index is 6.09. The molecule has 9 heteroatoms. The van der Waals surface area contributed by atoms with E-state index >= 15 is 0 Å². The Bertz CT molecular complexity index is 906. The van der Waals surface area contributed by atoms with Gasteiger partial charge in [0.05, 0.1) is 25.0 Å². The molecule has 2 N–H and O–H groups in total. The SMILES string of the molecule is COc1ccc(C2=NCC(CSc3nnc(-c4ccco4)n3N)S2)cc1. The van der Waals surface area contributed by atoms with Crippen LogP contribution < -0.4 is 10.6 Å². The highest BCUT2D eigenvalue weighted by Gasteiger charge is 2.22. The molecule has 0 fully saturated rings. The summed E-state index contributed by atoms with van der Waals surface area (Å²) in [6.07, 6.45) is 1.59. The van der Waals surface area contributed by atoms with Gasteiger partial charge in [-0.1, -0.05) is 11.8 Å². The highest BCUT2D eigenvalue weighted by atomic mass is 32.2. The molecule has 26 heavy (non-hydrogen) atoms. The molecular weight excluding hydrogens is 370 g/mol. The third-order valence-corrected chi connectivity index (χ3v) is 6.41. The first-order chi connectivity index (χ1) is 12.7. The van der Waals surface area contributed by atoms with Crippen LogP contribution in [0.3, 0.4) is 0 Å². The van der Waals surface area contributed by atoms with E-state index in [0.717, 1.165) is 28.7 Å². The number of ether oxygens (including phenoxy) is 1. The minimum absolute atomic E-state index is 0.376. The topological polar surface area (TPSA) is 91.5 Å². The van der Waals surface area contributed by atoms with Crippen LogP contribution in [-0.2, 0) is 0 Å². The molecule has 4 rings (SSSR count). The van der Waals surface area contributed by atoms with E-state index in [1.165, 1.54) is 4.68 Å². The van der Waals surface area contributed by atoms with Crippen LogP contribution in [0, 0.1) is 0 Å². The first-order valence-electron chi connectivity index (χ1n) is 7.97. The van der Waals surface area contributed by atoms with Crippen LogP contribution in [0.1, 0.15) is 5.56 Å². The second-order valence-electron chi connectivity index (χ2n) is 5.58. The Labute approximate surface area is 159 Å². The molecule has 3 aromatic rings. The van der Waals surface area contributed by atoms with E-state index in [4.69, 9.17) is 15.0 Å². The van der Waals surface area contributed by atoms with Crippen LogP contribution >= 0.6 is 23.5 Å². The van der Waals surface area contributed by atoms with Gasteiger partial charge in [0, 0.05) is 16.6 Å². The summed E-state index contributed by atoms with van der Waals surface area (Å²) >= 11 is 3.35. The van der Waals surface area contributed by atoms with Gasteiger partial charge in [-0.15, -0.1) is 22.0 Å². The average molecular weight is 387 g/mol. The highest BCUT2D eigenvalue weighted by Crippen LogP contribution is 2.31. The van der Waals surface area contributed by atoms with Gasteiger partial charge in [-0.25, -0.2) is 4.68 Å². The molecule has 1 aliphatic heterocycles. The average Bonchev–Trinajstić information content (AvgIpc) is 3.41. The lowest BCUT2D eigenvalue weighted by Crippen LogP contribution is -2.13. The van der Waals surface area contributed by atoms with Gasteiger partial charge in [0.1, 0.15) is 5.75 Å². The number of benzene rings is 1. The molecule has 0 radical (unpaired) electrons. The van der Waals surface area contributed by atoms with Gasteiger partial charge in [0.25, 0.3) is 0 Å². The molecule has 1 unspecified atom stereocenters. The van der Waals surface area contributed by atoms with Crippen molar-refractivity contribution in [2.45, 2.75) is 10.4 Å². The first-order valence-corrected chi connectivity index (χ1v) is 9.84. The lowest BCUT2D eigenvalue weighted by molar-refractivity contribution is 0.415. The maximum Gasteiger partial charge on any atom is 0.218 e. The molecule has 0 saturated heterocycles. The Morgan fingerprint density at radius 3 is 2.88 bits per heavy atom. The number of nitrogens with two attached hydrogens (primary N) is 1. The van der Waals surface area contributed by atoms with Crippen molar-refractivity contribution in [3.63, 3.8) is 0 Å². The van der Waals surface area contributed by atoms with Gasteiger partial charge in [-0.2, -0.15) is 0 Å². The van der Waals surface area contributed by atoms with Crippen molar-refractivity contribution < 1.29 is 9.15 Å². The van der Waals surface area contributed by atoms with Gasteiger partial charge in [-0.3, -0.25) is 4.99 Å². The highest BCUT2D eigenvalue weighted by molar-refractivity contribution is 8.16. The first kappa shape index (κ1) is 17.0. The maximum atomic E-state index is 6.09. The normalized spacial score (nSPS) is 16.7. The second-order valence-corrected chi connectivity index (χ2v) is 7.85. The predicted octanol–water partition coefficient (Wildman–Crippen LogP) is 2.91. The summed E-state index contributed by atoms with van der Waals surface area (Å²) in [5, 5.41) is 10.4. The van der Waals surface area contributed by atoms with Crippen LogP contribution in [0.15, 0.2) is 57.2 Å². The number of rotatable bonds is 6. The Kier molecular flexibility index (Phi) is 4.89. The zero-order valence-corrected chi connectivity index (χ0v) is 15.7. The molecule has 1 aromatic carbocycles. The predicted molar refractivity (Wildman–Crippen MR) is 104 cm³/mol. The number of hydrogen-bond donors (Lipinski definition) is 1. The monoisotopic (exact) mass is 387 g/mol. The van der Waals surface area contributed by atoms with Crippen LogP contribution in [0.25, 0.3) is 11.6 Å². The number of methoxy groups -OCH3 is 1. The van der Waals surface area contributed by atoms with Crippen molar-refractivity contribution in [1.82, 2.24) is 14.9 Å². The van der Waals surface area contributed by atoms with E-state index in [1.807, 2.05) is 30.3 Å². The van der Waals surface area contributed by atoms with E-state index in [0.29, 0.717) is 22.0 Å². The Balaban J connectivity index is 1.35. The fraction of sp³-hybridized carbons (Fsp3) is 0.235. The lowest BCUT2D eigenvalue weighted by Gasteiger charge is -2.08. The van der Waals surface area contributed by atoms with E-state index in [2.05, 4.69) is 15.2 Å². The number of thioether (sulfide) groups is 2. The molecule has 1 aliphatic rings. The van der Waals surface area contributed by atoms with Crippen LogP contribution in [0.4, 0.5) is 0 Å². The van der Waals surface area contributed by atoms with Crippen LogP contribution in [0.2, 0.25) is 0 Å². The largest absolute Gasteiger partial charge is 0.497 e. The molecule has 3 heterocycles. The molecule has 0 spiro atoms. The molecule has 0 aliphatic carbocycles. The molecule has 0 amide bonds. The van der Waals surface area contributed by atoms with E-state index in [1.54, 1.807) is 43.0 Å². The van der Waals surface area contributed by atoms with Crippen LogP contribution in [0.5, 0.6) is 5.75 Å². The quantitative estimate of drug-likeness (QED) is 0.513. The van der Waals surface area contributed by atoms with E-state index < -0.39 is 0 Å². The van der Waals surface area contributed by atoms with Crippen molar-refractivity contribution in [3.8, 4) is 17.3 Å². The second kappa shape index (κ2) is 7.46. The summed E-state index contributed by atoms with van der Waals surface area (Å²) in [7, 11) is 1.66. The van der Waals surface area contributed by atoms with Crippen molar-refractivity contribution >= 4 is 28.6 Å². The summed E-state index contributed by atoms with van der Waals surface area (Å²) in [5.74, 6) is 8.91. The van der Waals surface area contributed by atoms with Crippen LogP contribution in [-0.4, -0.2) is 44.6 Å². The number of aliphatic imine (C=N–C) groups is 1. The smallest absolute Gasteiger partial charge is 0.218 e. The molecule has 1 atom stereocenters. The van der Waals surface area contributed by atoms with Gasteiger partial charge >= 0.3 is 0 Å². The summed E-state index contributed by atoms with van der Waals surface area (Å²) in [6, 6.07) is 11.6. The standard InChI is InChI=1S/C17H17N5O2S2/c1-23-12-6-4-11(5-7-12)16-19-9-13(26-16)10-25-17-21-20-15(22(17)18)14-3-2-8-24-14/h2-8,13H,9-10,18H2,1H3. The minimum atomic E-state index is 0.376. The van der Waals surface area contributed by atoms with E-state index in [9.17, 15) is 0 Å². The molecule has 0 saturated carbocycles. The Hall–Kier alpha value is -2.39. The number of hydrogen-bond acceptors (Lipinski definition) is 8. The number of furan rings is 1. The summed E-state index contributed by atoms with van der Waals surface area (Å²) in [4.78, 5) is 4.66. The summed E-state index contributed by atoms with van der Waals surface area (Å²) in [5.41, 5.74) is 1.12. The van der Waals surface area contributed by atoms with Crippen molar-refractivity contribution in [2.24, 2.45) is 4.99 Å². The van der Waals surface area contributed by atoms with Crippen molar-refractivity contribution in [1.29, 1.82) is 0 Å². The van der Waals surface area contributed by atoms with Crippen molar-refractivity contribution in [2.75, 3.05) is 25.3 Å². The number of nitrogen functional groups attached to an aromatic ring is 1. The van der Waals surface area contributed by atoms with E-state index in [-0.39, 0.29) is 0 Å². The zero-order valence-electron chi connectivity index (χ0n) is 14.0. The van der Waals surface area contributed by atoms with Gasteiger partial charge in [0.2, 0.25) is 11.0 Å². The molecular formula is C17H17N5O2S2. The fourth-order valence-electron chi connectivity index (χ4n) is 2.51. The molecule has 2 aromatic heterocycles. The fourth-order valence-corrected chi connectivity index (χ4v) is 4.64. The molecule has 7 nitrogen and oxygen atoms in total. The number of aromatic nitrogens is 3. The minimum Gasteiger partial charge on any atom is -0.497 e.